The maximum atomic E-state index is 6.04. The van der Waals surface area contributed by atoms with Crippen LogP contribution >= 0.6 is 0 Å². The SMILES string of the molecule is CCOCC1CNCC(C(CC)CC)O1. The van der Waals surface area contributed by atoms with Crippen LogP contribution in [0.5, 0.6) is 0 Å². The molecular weight excluding hydrogens is 190 g/mol. The molecule has 0 aromatic heterocycles. The molecule has 3 nitrogen and oxygen atoms in total. The Morgan fingerprint density at radius 3 is 2.60 bits per heavy atom. The van der Waals surface area contributed by atoms with Gasteiger partial charge < -0.3 is 14.8 Å². The molecule has 0 spiro atoms. The Morgan fingerprint density at radius 2 is 2.00 bits per heavy atom. The summed E-state index contributed by atoms with van der Waals surface area (Å²) in [6, 6.07) is 0. The maximum Gasteiger partial charge on any atom is 0.0936 e. The third-order valence-electron chi connectivity index (χ3n) is 3.17. The summed E-state index contributed by atoms with van der Waals surface area (Å²) in [6.45, 7) is 9.92. The van der Waals surface area contributed by atoms with Gasteiger partial charge in [-0.25, -0.2) is 0 Å². The summed E-state index contributed by atoms with van der Waals surface area (Å²) in [5, 5.41) is 3.44. The van der Waals surface area contributed by atoms with E-state index in [0.29, 0.717) is 12.0 Å². The topological polar surface area (TPSA) is 30.5 Å². The summed E-state index contributed by atoms with van der Waals surface area (Å²) in [7, 11) is 0. The molecule has 0 aromatic rings. The number of rotatable bonds is 6. The van der Waals surface area contributed by atoms with Crippen LogP contribution in [0, 0.1) is 5.92 Å². The molecule has 0 aromatic carbocycles. The molecule has 2 unspecified atom stereocenters. The molecule has 0 amide bonds. The van der Waals surface area contributed by atoms with Gasteiger partial charge >= 0.3 is 0 Å². The minimum absolute atomic E-state index is 0.240. The van der Waals surface area contributed by atoms with E-state index in [0.717, 1.165) is 26.3 Å². The summed E-state index contributed by atoms with van der Waals surface area (Å²) < 4.78 is 11.4. The van der Waals surface area contributed by atoms with Crippen molar-refractivity contribution >= 4 is 0 Å². The molecule has 1 N–H and O–H groups in total. The monoisotopic (exact) mass is 215 g/mol. The van der Waals surface area contributed by atoms with Crippen LogP contribution in [0.15, 0.2) is 0 Å². The first-order chi connectivity index (χ1) is 7.31. The third kappa shape index (κ3) is 4.09. The number of nitrogens with one attached hydrogen (secondary N) is 1. The summed E-state index contributed by atoms with van der Waals surface area (Å²) in [5.41, 5.74) is 0. The van der Waals surface area contributed by atoms with E-state index in [1.165, 1.54) is 12.8 Å². The van der Waals surface area contributed by atoms with Crippen molar-refractivity contribution in [1.82, 2.24) is 5.32 Å². The average molecular weight is 215 g/mol. The van der Waals surface area contributed by atoms with Crippen molar-refractivity contribution in [2.45, 2.75) is 45.8 Å². The van der Waals surface area contributed by atoms with Crippen LogP contribution in [-0.2, 0) is 9.47 Å². The fraction of sp³-hybridized carbons (Fsp3) is 1.00. The molecule has 1 fully saturated rings. The lowest BCUT2D eigenvalue weighted by atomic mass is 9.95. The highest BCUT2D eigenvalue weighted by molar-refractivity contribution is 4.78. The highest BCUT2D eigenvalue weighted by Crippen LogP contribution is 2.19. The van der Waals surface area contributed by atoms with E-state index in [1.807, 2.05) is 6.92 Å². The largest absolute Gasteiger partial charge is 0.379 e. The molecule has 0 aliphatic carbocycles. The van der Waals surface area contributed by atoms with Crippen LogP contribution in [0.1, 0.15) is 33.6 Å². The van der Waals surface area contributed by atoms with Gasteiger partial charge in [-0.15, -0.1) is 0 Å². The second kappa shape index (κ2) is 7.20. The summed E-state index contributed by atoms with van der Waals surface area (Å²) in [6.07, 6.45) is 3.01. The quantitative estimate of drug-likeness (QED) is 0.733. The van der Waals surface area contributed by atoms with Gasteiger partial charge in [-0.05, 0) is 12.8 Å². The van der Waals surface area contributed by atoms with Crippen molar-refractivity contribution in [3.8, 4) is 0 Å². The average Bonchev–Trinajstić information content (AvgIpc) is 2.29. The fourth-order valence-corrected chi connectivity index (χ4v) is 2.17. The third-order valence-corrected chi connectivity index (χ3v) is 3.17. The second-order valence-electron chi connectivity index (χ2n) is 4.19. The van der Waals surface area contributed by atoms with Gasteiger partial charge in [0.15, 0.2) is 0 Å². The van der Waals surface area contributed by atoms with Crippen molar-refractivity contribution < 1.29 is 9.47 Å². The molecule has 0 saturated carbocycles. The van der Waals surface area contributed by atoms with Crippen molar-refractivity contribution in [3.63, 3.8) is 0 Å². The molecule has 3 heteroatoms. The van der Waals surface area contributed by atoms with Crippen molar-refractivity contribution in [3.05, 3.63) is 0 Å². The Balaban J connectivity index is 2.33. The number of ether oxygens (including phenoxy) is 2. The summed E-state index contributed by atoms with van der Waals surface area (Å²) >= 11 is 0. The van der Waals surface area contributed by atoms with E-state index in [9.17, 15) is 0 Å². The predicted octanol–water partition coefficient (Wildman–Crippen LogP) is 1.82. The Hall–Kier alpha value is -0.120. The molecule has 15 heavy (non-hydrogen) atoms. The van der Waals surface area contributed by atoms with Crippen molar-refractivity contribution in [1.29, 1.82) is 0 Å². The van der Waals surface area contributed by atoms with E-state index < -0.39 is 0 Å². The van der Waals surface area contributed by atoms with E-state index >= 15 is 0 Å². The highest BCUT2D eigenvalue weighted by Gasteiger charge is 2.26. The highest BCUT2D eigenvalue weighted by atomic mass is 16.5. The van der Waals surface area contributed by atoms with E-state index in [2.05, 4.69) is 19.2 Å². The molecule has 1 aliphatic heterocycles. The predicted molar refractivity (Wildman–Crippen MR) is 62.1 cm³/mol. The second-order valence-corrected chi connectivity index (χ2v) is 4.19. The van der Waals surface area contributed by atoms with E-state index in [-0.39, 0.29) is 6.10 Å². The van der Waals surface area contributed by atoms with Gasteiger partial charge in [-0.1, -0.05) is 26.7 Å². The van der Waals surface area contributed by atoms with Gasteiger partial charge in [-0.3, -0.25) is 0 Å². The van der Waals surface area contributed by atoms with Crippen LogP contribution in [-0.4, -0.2) is 38.5 Å². The minimum Gasteiger partial charge on any atom is -0.379 e. The first kappa shape index (κ1) is 12.9. The molecular formula is C12H25NO2. The lowest BCUT2D eigenvalue weighted by molar-refractivity contribution is -0.0958. The van der Waals surface area contributed by atoms with E-state index in [4.69, 9.17) is 9.47 Å². The zero-order valence-corrected chi connectivity index (χ0v) is 10.3. The Labute approximate surface area is 93.5 Å². The normalized spacial score (nSPS) is 27.2. The Morgan fingerprint density at radius 1 is 1.27 bits per heavy atom. The first-order valence-corrected chi connectivity index (χ1v) is 6.25. The maximum absolute atomic E-state index is 6.04. The Kier molecular flexibility index (Phi) is 6.22. The van der Waals surface area contributed by atoms with Crippen LogP contribution < -0.4 is 5.32 Å². The zero-order chi connectivity index (χ0) is 11.1. The molecule has 1 rings (SSSR count). The van der Waals surface area contributed by atoms with Crippen LogP contribution in [0.2, 0.25) is 0 Å². The van der Waals surface area contributed by atoms with E-state index in [1.54, 1.807) is 0 Å². The van der Waals surface area contributed by atoms with Gasteiger partial charge in [0.25, 0.3) is 0 Å². The molecule has 90 valence electrons. The summed E-state index contributed by atoms with van der Waals surface area (Å²) in [4.78, 5) is 0. The summed E-state index contributed by atoms with van der Waals surface area (Å²) in [5.74, 6) is 0.682. The molecule has 1 saturated heterocycles. The number of hydrogen-bond acceptors (Lipinski definition) is 3. The van der Waals surface area contributed by atoms with Gasteiger partial charge in [0.1, 0.15) is 0 Å². The van der Waals surface area contributed by atoms with Crippen LogP contribution in [0.3, 0.4) is 0 Å². The molecule has 2 atom stereocenters. The standard InChI is InChI=1S/C12H25NO2/c1-4-10(5-2)12-8-13-7-11(15-12)9-14-6-3/h10-13H,4-9H2,1-3H3. The number of hydrogen-bond donors (Lipinski definition) is 1. The lowest BCUT2D eigenvalue weighted by Crippen LogP contribution is -2.49. The molecule has 1 heterocycles. The fourth-order valence-electron chi connectivity index (χ4n) is 2.17. The molecule has 0 radical (unpaired) electrons. The first-order valence-electron chi connectivity index (χ1n) is 6.25. The molecule has 0 bridgehead atoms. The molecule has 1 aliphatic rings. The van der Waals surface area contributed by atoms with Gasteiger partial charge in [-0.2, -0.15) is 0 Å². The minimum atomic E-state index is 0.240. The van der Waals surface area contributed by atoms with Crippen molar-refractivity contribution in [2.75, 3.05) is 26.3 Å². The smallest absolute Gasteiger partial charge is 0.0936 e. The van der Waals surface area contributed by atoms with Gasteiger partial charge in [0.05, 0.1) is 18.8 Å². The van der Waals surface area contributed by atoms with Crippen molar-refractivity contribution in [2.24, 2.45) is 5.92 Å². The van der Waals surface area contributed by atoms with Crippen LogP contribution in [0.25, 0.3) is 0 Å². The zero-order valence-electron chi connectivity index (χ0n) is 10.3. The van der Waals surface area contributed by atoms with Gasteiger partial charge in [0.2, 0.25) is 0 Å². The lowest BCUT2D eigenvalue weighted by Gasteiger charge is -2.35. The Bertz CT molecular complexity index is 160. The van der Waals surface area contributed by atoms with Crippen LogP contribution in [0.4, 0.5) is 0 Å². The number of morpholine rings is 1. The van der Waals surface area contributed by atoms with Gasteiger partial charge in [0, 0.05) is 19.7 Å².